The highest BCUT2D eigenvalue weighted by Gasteiger charge is 2.35. The summed E-state index contributed by atoms with van der Waals surface area (Å²) in [6.07, 6.45) is 3.28. The average Bonchev–Trinajstić information content (AvgIpc) is 2.25. The van der Waals surface area contributed by atoms with Crippen molar-refractivity contribution in [2.45, 2.75) is 32.2 Å². The Bertz CT molecular complexity index is 265. The third kappa shape index (κ3) is 2.39. The summed E-state index contributed by atoms with van der Waals surface area (Å²) in [6, 6.07) is 3.14. The fourth-order valence-electron chi connectivity index (χ4n) is 3.22. The summed E-state index contributed by atoms with van der Waals surface area (Å²) in [5, 5.41) is 8.89. The van der Waals surface area contributed by atoms with Crippen LogP contribution in [0.5, 0.6) is 0 Å². The fourth-order valence-corrected chi connectivity index (χ4v) is 3.22. The summed E-state index contributed by atoms with van der Waals surface area (Å²) in [4.78, 5) is 4.99. The van der Waals surface area contributed by atoms with Crippen molar-refractivity contribution in [3.63, 3.8) is 0 Å². The molecule has 0 aromatic rings. The predicted molar refractivity (Wildman–Crippen MR) is 65.0 cm³/mol. The summed E-state index contributed by atoms with van der Waals surface area (Å²) in [7, 11) is 2.18. The summed E-state index contributed by atoms with van der Waals surface area (Å²) >= 11 is 0. The first kappa shape index (κ1) is 11.9. The quantitative estimate of drug-likeness (QED) is 0.724. The first-order valence-electron chi connectivity index (χ1n) is 6.54. The van der Waals surface area contributed by atoms with Crippen molar-refractivity contribution in [1.29, 1.82) is 5.26 Å². The minimum Gasteiger partial charge on any atom is -0.303 e. The SMILES string of the molecule is CCC1CCN(C2CN(C)C2)CC1CC#N. The molecule has 2 rings (SSSR count). The van der Waals surface area contributed by atoms with Gasteiger partial charge in [0.25, 0.3) is 0 Å². The number of rotatable bonds is 3. The Kier molecular flexibility index (Phi) is 3.83. The molecule has 0 radical (unpaired) electrons. The van der Waals surface area contributed by atoms with Gasteiger partial charge in [0.1, 0.15) is 0 Å². The highest BCUT2D eigenvalue weighted by molar-refractivity contribution is 4.92. The first-order chi connectivity index (χ1) is 7.74. The number of likely N-dealkylation sites (N-methyl/N-ethyl adjacent to an activating group) is 1. The Morgan fingerprint density at radius 3 is 2.56 bits per heavy atom. The lowest BCUT2D eigenvalue weighted by atomic mass is 9.81. The van der Waals surface area contributed by atoms with Gasteiger partial charge in [-0.2, -0.15) is 5.26 Å². The molecule has 2 heterocycles. The number of hydrogen-bond acceptors (Lipinski definition) is 3. The van der Waals surface area contributed by atoms with Gasteiger partial charge in [-0.25, -0.2) is 0 Å². The van der Waals surface area contributed by atoms with Crippen molar-refractivity contribution in [3.05, 3.63) is 0 Å². The number of piperidine rings is 1. The van der Waals surface area contributed by atoms with Gasteiger partial charge in [-0.05, 0) is 31.8 Å². The van der Waals surface area contributed by atoms with Crippen molar-refractivity contribution in [2.75, 3.05) is 33.2 Å². The fraction of sp³-hybridized carbons (Fsp3) is 0.923. The molecule has 0 amide bonds. The molecular weight excluding hydrogens is 198 g/mol. The van der Waals surface area contributed by atoms with Crippen LogP contribution in [0.4, 0.5) is 0 Å². The molecule has 2 atom stereocenters. The lowest BCUT2D eigenvalue weighted by molar-refractivity contribution is 0.00690. The minimum absolute atomic E-state index is 0.620. The van der Waals surface area contributed by atoms with E-state index in [1.807, 2.05) is 0 Å². The molecule has 90 valence electrons. The van der Waals surface area contributed by atoms with Crippen molar-refractivity contribution in [2.24, 2.45) is 11.8 Å². The second-order valence-corrected chi connectivity index (χ2v) is 5.45. The van der Waals surface area contributed by atoms with Gasteiger partial charge in [0.15, 0.2) is 0 Å². The van der Waals surface area contributed by atoms with E-state index in [4.69, 9.17) is 5.26 Å². The smallest absolute Gasteiger partial charge is 0.0625 e. The summed E-state index contributed by atoms with van der Waals surface area (Å²) < 4.78 is 0. The van der Waals surface area contributed by atoms with Gasteiger partial charge in [0.05, 0.1) is 6.07 Å². The summed E-state index contributed by atoms with van der Waals surface area (Å²) in [5.41, 5.74) is 0. The van der Waals surface area contributed by atoms with Crippen LogP contribution < -0.4 is 0 Å². The van der Waals surface area contributed by atoms with E-state index in [1.165, 1.54) is 32.5 Å². The maximum atomic E-state index is 8.89. The van der Waals surface area contributed by atoms with Crippen LogP contribution in [-0.2, 0) is 0 Å². The predicted octanol–water partition coefficient (Wildman–Crippen LogP) is 1.56. The molecule has 16 heavy (non-hydrogen) atoms. The van der Waals surface area contributed by atoms with Crippen molar-refractivity contribution in [1.82, 2.24) is 9.80 Å². The van der Waals surface area contributed by atoms with Crippen molar-refractivity contribution in [3.8, 4) is 6.07 Å². The highest BCUT2D eigenvalue weighted by atomic mass is 15.3. The van der Waals surface area contributed by atoms with Crippen LogP contribution in [0.15, 0.2) is 0 Å². The van der Waals surface area contributed by atoms with Crippen LogP contribution in [0.3, 0.4) is 0 Å². The average molecular weight is 221 g/mol. The van der Waals surface area contributed by atoms with E-state index in [1.54, 1.807) is 0 Å². The molecule has 0 N–H and O–H groups in total. The Morgan fingerprint density at radius 2 is 2.00 bits per heavy atom. The Hall–Kier alpha value is -0.590. The van der Waals surface area contributed by atoms with Gasteiger partial charge in [0.2, 0.25) is 0 Å². The Morgan fingerprint density at radius 1 is 1.25 bits per heavy atom. The van der Waals surface area contributed by atoms with Crippen molar-refractivity contribution >= 4 is 0 Å². The molecule has 0 bridgehead atoms. The molecule has 2 aliphatic rings. The second-order valence-electron chi connectivity index (χ2n) is 5.45. The van der Waals surface area contributed by atoms with Gasteiger partial charge in [-0.3, -0.25) is 4.90 Å². The van der Waals surface area contributed by atoms with E-state index in [2.05, 4.69) is 29.8 Å². The lowest BCUT2D eigenvalue weighted by Crippen LogP contribution is -2.60. The van der Waals surface area contributed by atoms with E-state index in [0.29, 0.717) is 5.92 Å². The van der Waals surface area contributed by atoms with E-state index in [0.717, 1.165) is 24.9 Å². The molecule has 0 aromatic carbocycles. The lowest BCUT2D eigenvalue weighted by Gasteiger charge is -2.48. The number of nitrogens with zero attached hydrogens (tertiary/aromatic N) is 3. The molecule has 0 saturated carbocycles. The van der Waals surface area contributed by atoms with Crippen LogP contribution in [0.1, 0.15) is 26.2 Å². The van der Waals surface area contributed by atoms with E-state index in [-0.39, 0.29) is 0 Å². The largest absolute Gasteiger partial charge is 0.303 e. The normalized spacial score (nSPS) is 33.3. The number of hydrogen-bond donors (Lipinski definition) is 0. The molecule has 0 aliphatic carbocycles. The van der Waals surface area contributed by atoms with Crippen LogP contribution in [-0.4, -0.2) is 49.1 Å². The zero-order chi connectivity index (χ0) is 11.5. The molecular formula is C13H23N3. The maximum Gasteiger partial charge on any atom is 0.0625 e. The molecule has 2 aliphatic heterocycles. The molecule has 3 heteroatoms. The standard InChI is InChI=1S/C13H23N3/c1-3-11-5-7-16(8-12(11)4-6-14)13-9-15(2)10-13/h11-13H,3-5,7-10H2,1-2H3. The van der Waals surface area contributed by atoms with Crippen LogP contribution in [0.2, 0.25) is 0 Å². The van der Waals surface area contributed by atoms with Gasteiger partial charge in [-0.15, -0.1) is 0 Å². The molecule has 2 unspecified atom stereocenters. The summed E-state index contributed by atoms with van der Waals surface area (Å²) in [6.45, 7) is 7.11. The van der Waals surface area contributed by atoms with E-state index in [9.17, 15) is 0 Å². The second kappa shape index (κ2) is 5.16. The maximum absolute atomic E-state index is 8.89. The minimum atomic E-state index is 0.620. The zero-order valence-corrected chi connectivity index (χ0v) is 10.5. The monoisotopic (exact) mass is 221 g/mol. The third-order valence-electron chi connectivity index (χ3n) is 4.36. The Balaban J connectivity index is 1.88. The molecule has 2 saturated heterocycles. The number of likely N-dealkylation sites (tertiary alicyclic amines) is 2. The van der Waals surface area contributed by atoms with Crippen LogP contribution >= 0.6 is 0 Å². The number of nitriles is 1. The topological polar surface area (TPSA) is 30.3 Å². The van der Waals surface area contributed by atoms with E-state index >= 15 is 0 Å². The van der Waals surface area contributed by atoms with E-state index < -0.39 is 0 Å². The molecule has 0 spiro atoms. The van der Waals surface area contributed by atoms with Gasteiger partial charge < -0.3 is 4.90 Å². The van der Waals surface area contributed by atoms with Crippen LogP contribution in [0.25, 0.3) is 0 Å². The summed E-state index contributed by atoms with van der Waals surface area (Å²) in [5.74, 6) is 1.41. The molecule has 2 fully saturated rings. The third-order valence-corrected chi connectivity index (χ3v) is 4.36. The van der Waals surface area contributed by atoms with Gasteiger partial charge >= 0.3 is 0 Å². The first-order valence-corrected chi connectivity index (χ1v) is 6.54. The van der Waals surface area contributed by atoms with Crippen molar-refractivity contribution < 1.29 is 0 Å². The Labute approximate surface area is 99.0 Å². The molecule has 0 aromatic heterocycles. The zero-order valence-electron chi connectivity index (χ0n) is 10.5. The highest BCUT2D eigenvalue weighted by Crippen LogP contribution is 2.30. The van der Waals surface area contributed by atoms with Gasteiger partial charge in [-0.1, -0.05) is 13.3 Å². The van der Waals surface area contributed by atoms with Gasteiger partial charge in [0, 0.05) is 32.1 Å². The van der Waals surface area contributed by atoms with Crippen LogP contribution in [0, 0.1) is 23.2 Å². The molecule has 3 nitrogen and oxygen atoms in total.